The Kier molecular flexibility index (Phi) is 7.99. The van der Waals surface area contributed by atoms with Gasteiger partial charge in [0.25, 0.3) is 0 Å². The lowest BCUT2D eigenvalue weighted by Crippen LogP contribution is -2.34. The molecule has 1 aliphatic heterocycles. The maximum atomic E-state index is 11.4. The lowest BCUT2D eigenvalue weighted by molar-refractivity contribution is -0.118. The van der Waals surface area contributed by atoms with Crippen LogP contribution in [0.15, 0.2) is 12.2 Å². The van der Waals surface area contributed by atoms with Gasteiger partial charge in [-0.15, -0.1) is 0 Å². The SMILES string of the molecule is O=C1CC=CCCCCCCCNNCC1. The van der Waals surface area contributed by atoms with Crippen LogP contribution in [0.5, 0.6) is 0 Å². The van der Waals surface area contributed by atoms with Crippen LogP contribution in [-0.2, 0) is 4.79 Å². The van der Waals surface area contributed by atoms with Gasteiger partial charge in [0.1, 0.15) is 5.78 Å². The van der Waals surface area contributed by atoms with Gasteiger partial charge in [-0.25, -0.2) is 0 Å². The van der Waals surface area contributed by atoms with Crippen molar-refractivity contribution >= 4 is 5.78 Å². The van der Waals surface area contributed by atoms with Crippen LogP contribution < -0.4 is 10.9 Å². The van der Waals surface area contributed by atoms with E-state index < -0.39 is 0 Å². The molecule has 0 saturated carbocycles. The first-order valence-corrected chi connectivity index (χ1v) is 6.52. The molecule has 1 heterocycles. The van der Waals surface area contributed by atoms with Gasteiger partial charge >= 0.3 is 0 Å². The molecule has 0 unspecified atom stereocenters. The van der Waals surface area contributed by atoms with Crippen LogP contribution >= 0.6 is 0 Å². The highest BCUT2D eigenvalue weighted by molar-refractivity contribution is 5.79. The Morgan fingerprint density at radius 3 is 2.56 bits per heavy atom. The van der Waals surface area contributed by atoms with E-state index in [1.54, 1.807) is 0 Å². The van der Waals surface area contributed by atoms with E-state index in [0.717, 1.165) is 19.5 Å². The quantitative estimate of drug-likeness (QED) is 0.621. The molecule has 2 N–H and O–H groups in total. The van der Waals surface area contributed by atoms with Gasteiger partial charge in [-0.05, 0) is 19.3 Å². The lowest BCUT2D eigenvalue weighted by atomic mass is 10.1. The summed E-state index contributed by atoms with van der Waals surface area (Å²) in [5.74, 6) is 0.320. The fraction of sp³-hybridized carbons (Fsp3) is 0.769. The second-order valence-electron chi connectivity index (χ2n) is 4.37. The van der Waals surface area contributed by atoms with Crippen LogP contribution in [0.2, 0.25) is 0 Å². The first kappa shape index (κ1) is 13.4. The number of ketones is 1. The molecular weight excluding hydrogens is 200 g/mol. The predicted molar refractivity (Wildman–Crippen MR) is 67.1 cm³/mol. The van der Waals surface area contributed by atoms with Crippen LogP contribution in [0.4, 0.5) is 0 Å². The first-order valence-electron chi connectivity index (χ1n) is 6.52. The summed E-state index contributed by atoms with van der Waals surface area (Å²) in [4.78, 5) is 11.4. The van der Waals surface area contributed by atoms with Gasteiger partial charge in [0.15, 0.2) is 0 Å². The van der Waals surface area contributed by atoms with Crippen molar-refractivity contribution in [1.29, 1.82) is 0 Å². The highest BCUT2D eigenvalue weighted by Crippen LogP contribution is 2.06. The summed E-state index contributed by atoms with van der Waals surface area (Å²) >= 11 is 0. The Labute approximate surface area is 98.7 Å². The first-order chi connectivity index (χ1) is 7.89. The summed E-state index contributed by atoms with van der Waals surface area (Å²) in [5.41, 5.74) is 6.25. The van der Waals surface area contributed by atoms with Crippen LogP contribution in [0.3, 0.4) is 0 Å². The van der Waals surface area contributed by atoms with Crippen molar-refractivity contribution in [2.75, 3.05) is 13.1 Å². The third kappa shape index (κ3) is 7.60. The van der Waals surface area contributed by atoms with E-state index in [2.05, 4.69) is 16.9 Å². The summed E-state index contributed by atoms with van der Waals surface area (Å²) in [6.45, 7) is 1.75. The summed E-state index contributed by atoms with van der Waals surface area (Å²) in [7, 11) is 0. The second kappa shape index (κ2) is 9.55. The summed E-state index contributed by atoms with van der Waals surface area (Å²) < 4.78 is 0. The number of rotatable bonds is 0. The standard InChI is InChI=1S/C13H24N2O/c16-13-9-7-5-3-1-2-4-6-8-11-14-15-12-10-13/h5,7,14-15H,1-4,6,8-12H2. The van der Waals surface area contributed by atoms with Crippen LogP contribution in [0.1, 0.15) is 51.4 Å². The van der Waals surface area contributed by atoms with E-state index in [0.29, 0.717) is 18.6 Å². The molecule has 0 saturated heterocycles. The summed E-state index contributed by atoms with van der Waals surface area (Å²) in [6, 6.07) is 0. The van der Waals surface area contributed by atoms with Crippen molar-refractivity contribution in [3.8, 4) is 0 Å². The topological polar surface area (TPSA) is 41.1 Å². The number of allylic oxidation sites excluding steroid dienone is 2. The maximum Gasteiger partial charge on any atom is 0.137 e. The fourth-order valence-electron chi connectivity index (χ4n) is 1.82. The second-order valence-corrected chi connectivity index (χ2v) is 4.37. The van der Waals surface area contributed by atoms with Crippen LogP contribution in [0.25, 0.3) is 0 Å². The molecule has 0 amide bonds. The van der Waals surface area contributed by atoms with Crippen molar-refractivity contribution in [3.63, 3.8) is 0 Å². The maximum absolute atomic E-state index is 11.4. The Balaban J connectivity index is 2.21. The highest BCUT2D eigenvalue weighted by atomic mass is 16.1. The molecule has 3 nitrogen and oxygen atoms in total. The number of carbonyl (C=O) groups excluding carboxylic acids is 1. The summed E-state index contributed by atoms with van der Waals surface area (Å²) in [6.07, 6.45) is 13.0. The van der Waals surface area contributed by atoms with E-state index in [1.807, 2.05) is 6.08 Å². The van der Waals surface area contributed by atoms with E-state index in [4.69, 9.17) is 0 Å². The molecule has 0 aliphatic carbocycles. The third-order valence-corrected chi connectivity index (χ3v) is 2.84. The molecule has 0 spiro atoms. The molecule has 0 aromatic carbocycles. The number of hydrazine groups is 1. The van der Waals surface area contributed by atoms with Crippen molar-refractivity contribution in [1.82, 2.24) is 10.9 Å². The van der Waals surface area contributed by atoms with E-state index >= 15 is 0 Å². The van der Waals surface area contributed by atoms with Crippen molar-refractivity contribution < 1.29 is 4.79 Å². The lowest BCUT2D eigenvalue weighted by Gasteiger charge is -2.05. The molecule has 1 aliphatic rings. The molecular formula is C13H24N2O. The minimum Gasteiger partial charge on any atom is -0.299 e. The molecule has 0 atom stereocenters. The minimum absolute atomic E-state index is 0.320. The molecule has 0 bridgehead atoms. The highest BCUT2D eigenvalue weighted by Gasteiger charge is 1.98. The average Bonchev–Trinajstić information content (AvgIpc) is 2.29. The Morgan fingerprint density at radius 2 is 1.62 bits per heavy atom. The van der Waals surface area contributed by atoms with Crippen molar-refractivity contribution in [3.05, 3.63) is 12.2 Å². The number of hydrogen-bond acceptors (Lipinski definition) is 3. The predicted octanol–water partition coefficient (Wildman–Crippen LogP) is 2.34. The van der Waals surface area contributed by atoms with Crippen molar-refractivity contribution in [2.24, 2.45) is 0 Å². The Morgan fingerprint density at radius 1 is 0.875 bits per heavy atom. The van der Waals surface area contributed by atoms with Gasteiger partial charge in [-0.1, -0.05) is 31.4 Å². The van der Waals surface area contributed by atoms with Gasteiger partial charge < -0.3 is 0 Å². The third-order valence-electron chi connectivity index (χ3n) is 2.84. The normalized spacial score (nSPS) is 22.4. The molecule has 0 aromatic rings. The van der Waals surface area contributed by atoms with Crippen LogP contribution in [-0.4, -0.2) is 18.9 Å². The summed E-state index contributed by atoms with van der Waals surface area (Å²) in [5, 5.41) is 0. The number of hydrogen-bond donors (Lipinski definition) is 2. The molecule has 16 heavy (non-hydrogen) atoms. The zero-order chi connectivity index (χ0) is 11.5. The average molecular weight is 224 g/mol. The number of nitrogens with one attached hydrogen (secondary N) is 2. The van der Waals surface area contributed by atoms with Crippen molar-refractivity contribution in [2.45, 2.75) is 51.4 Å². The van der Waals surface area contributed by atoms with Gasteiger partial charge in [-0.3, -0.25) is 15.6 Å². The monoisotopic (exact) mass is 224 g/mol. The Bertz CT molecular complexity index is 214. The minimum atomic E-state index is 0.320. The molecule has 0 aromatic heterocycles. The number of carbonyl (C=O) groups is 1. The fourth-order valence-corrected chi connectivity index (χ4v) is 1.82. The smallest absolute Gasteiger partial charge is 0.137 e. The molecule has 1 rings (SSSR count). The van der Waals surface area contributed by atoms with E-state index in [-0.39, 0.29) is 0 Å². The van der Waals surface area contributed by atoms with Crippen LogP contribution in [0, 0.1) is 0 Å². The molecule has 92 valence electrons. The molecule has 0 fully saturated rings. The molecule has 0 radical (unpaired) electrons. The van der Waals surface area contributed by atoms with Gasteiger partial charge in [0, 0.05) is 25.9 Å². The van der Waals surface area contributed by atoms with Gasteiger partial charge in [-0.2, -0.15) is 0 Å². The number of Topliss-reactive ketones (excluding diaryl/α,β-unsaturated/α-hetero) is 1. The van der Waals surface area contributed by atoms with Gasteiger partial charge in [0.2, 0.25) is 0 Å². The zero-order valence-electron chi connectivity index (χ0n) is 10.1. The van der Waals surface area contributed by atoms with Gasteiger partial charge in [0.05, 0.1) is 0 Å². The Hall–Kier alpha value is -0.670. The zero-order valence-corrected chi connectivity index (χ0v) is 10.1. The van der Waals surface area contributed by atoms with E-state index in [9.17, 15) is 4.79 Å². The largest absolute Gasteiger partial charge is 0.299 e. The molecule has 3 heteroatoms. The van der Waals surface area contributed by atoms with E-state index in [1.165, 1.54) is 32.1 Å².